The van der Waals surface area contributed by atoms with Crippen LogP contribution in [0.3, 0.4) is 0 Å². The molecular formula is C11H12F3N. The first kappa shape index (κ1) is 10.5. The molecule has 1 nitrogen and oxygen atoms in total. The van der Waals surface area contributed by atoms with E-state index in [-0.39, 0.29) is 6.04 Å². The number of hydrogen-bond acceptors (Lipinski definition) is 1. The van der Waals surface area contributed by atoms with E-state index in [0.29, 0.717) is 0 Å². The fourth-order valence-electron chi connectivity index (χ4n) is 2.09. The van der Waals surface area contributed by atoms with E-state index in [1.807, 2.05) is 7.05 Å². The number of benzene rings is 1. The van der Waals surface area contributed by atoms with E-state index in [1.54, 1.807) is 6.07 Å². The first-order valence-corrected chi connectivity index (χ1v) is 4.89. The molecule has 1 aromatic carbocycles. The van der Waals surface area contributed by atoms with E-state index < -0.39 is 11.7 Å². The quantitative estimate of drug-likeness (QED) is 0.759. The van der Waals surface area contributed by atoms with Gasteiger partial charge in [0.15, 0.2) is 0 Å². The number of alkyl halides is 3. The number of fused-ring (bicyclic) bond motifs is 1. The summed E-state index contributed by atoms with van der Waals surface area (Å²) in [5, 5.41) is 3.10. The Kier molecular flexibility index (Phi) is 2.46. The summed E-state index contributed by atoms with van der Waals surface area (Å²) in [6.07, 6.45) is -2.62. The maximum atomic E-state index is 12.4. The van der Waals surface area contributed by atoms with Gasteiger partial charge >= 0.3 is 6.18 Å². The fraction of sp³-hybridized carbons (Fsp3) is 0.455. The summed E-state index contributed by atoms with van der Waals surface area (Å²) in [6, 6.07) is 4.23. The van der Waals surface area contributed by atoms with Gasteiger partial charge in [-0.25, -0.2) is 0 Å². The van der Waals surface area contributed by atoms with Crippen molar-refractivity contribution in [1.29, 1.82) is 0 Å². The fourth-order valence-corrected chi connectivity index (χ4v) is 2.09. The van der Waals surface area contributed by atoms with Gasteiger partial charge in [-0.05, 0) is 43.1 Å². The molecule has 0 fully saturated rings. The highest BCUT2D eigenvalue weighted by Crippen LogP contribution is 2.36. The van der Waals surface area contributed by atoms with Crippen LogP contribution in [0, 0.1) is 0 Å². The van der Waals surface area contributed by atoms with Crippen LogP contribution in [0.5, 0.6) is 0 Å². The number of rotatable bonds is 1. The lowest BCUT2D eigenvalue weighted by Gasteiger charge is -2.12. The Bertz CT molecular complexity index is 371. The zero-order valence-corrected chi connectivity index (χ0v) is 8.36. The Balaban J connectivity index is 2.37. The van der Waals surface area contributed by atoms with Crippen LogP contribution in [0.4, 0.5) is 13.2 Å². The van der Waals surface area contributed by atoms with Crippen molar-refractivity contribution < 1.29 is 13.2 Å². The monoisotopic (exact) mass is 215 g/mol. The number of nitrogens with one attached hydrogen (secondary N) is 1. The molecule has 4 heteroatoms. The van der Waals surface area contributed by atoms with Crippen LogP contribution in [0.15, 0.2) is 18.2 Å². The average Bonchev–Trinajstić information content (AvgIpc) is 2.58. The van der Waals surface area contributed by atoms with Crippen molar-refractivity contribution in [3.05, 3.63) is 34.9 Å². The van der Waals surface area contributed by atoms with E-state index in [2.05, 4.69) is 5.32 Å². The topological polar surface area (TPSA) is 12.0 Å². The summed E-state index contributed by atoms with van der Waals surface area (Å²) >= 11 is 0. The van der Waals surface area contributed by atoms with Crippen molar-refractivity contribution in [2.45, 2.75) is 25.1 Å². The van der Waals surface area contributed by atoms with Crippen LogP contribution in [0.25, 0.3) is 0 Å². The third kappa shape index (κ3) is 1.86. The number of aryl methyl sites for hydroxylation is 1. The van der Waals surface area contributed by atoms with Crippen molar-refractivity contribution in [1.82, 2.24) is 5.32 Å². The molecule has 0 unspecified atom stereocenters. The number of hydrogen-bond donors (Lipinski definition) is 1. The lowest BCUT2D eigenvalue weighted by molar-refractivity contribution is -0.137. The van der Waals surface area contributed by atoms with Crippen molar-refractivity contribution in [2.24, 2.45) is 0 Å². The van der Waals surface area contributed by atoms with Crippen molar-refractivity contribution in [3.8, 4) is 0 Å². The minimum absolute atomic E-state index is 0.210. The zero-order valence-electron chi connectivity index (χ0n) is 8.36. The molecule has 0 bridgehead atoms. The molecule has 0 saturated heterocycles. The standard InChI is InChI=1S/C11H12F3N/c1-15-10-5-2-7-6-8(11(12,13)14)3-4-9(7)10/h3-4,6,10,15H,2,5H2,1H3/t10-/m1/s1. The SMILES string of the molecule is CN[C@@H]1CCc2cc(C(F)(F)F)ccc21. The van der Waals surface area contributed by atoms with Crippen molar-refractivity contribution in [3.63, 3.8) is 0 Å². The zero-order chi connectivity index (χ0) is 11.1. The van der Waals surface area contributed by atoms with Gasteiger partial charge in [0.05, 0.1) is 5.56 Å². The lowest BCUT2D eigenvalue weighted by Crippen LogP contribution is -2.13. The maximum Gasteiger partial charge on any atom is 0.416 e. The summed E-state index contributed by atoms with van der Waals surface area (Å²) in [7, 11) is 1.83. The second-order valence-corrected chi connectivity index (χ2v) is 3.79. The molecule has 1 N–H and O–H groups in total. The Morgan fingerprint density at radius 2 is 2.07 bits per heavy atom. The first-order valence-electron chi connectivity index (χ1n) is 4.89. The molecule has 1 aliphatic rings. The molecule has 0 aliphatic heterocycles. The minimum atomic E-state index is -4.23. The van der Waals surface area contributed by atoms with Crippen LogP contribution in [0.1, 0.15) is 29.2 Å². The van der Waals surface area contributed by atoms with Crippen molar-refractivity contribution >= 4 is 0 Å². The molecular weight excluding hydrogens is 203 g/mol. The van der Waals surface area contributed by atoms with Crippen LogP contribution in [-0.4, -0.2) is 7.05 Å². The van der Waals surface area contributed by atoms with Crippen LogP contribution >= 0.6 is 0 Å². The molecule has 0 saturated carbocycles. The molecule has 0 radical (unpaired) electrons. The molecule has 0 spiro atoms. The molecule has 1 aromatic rings. The molecule has 0 aromatic heterocycles. The van der Waals surface area contributed by atoms with Gasteiger partial charge < -0.3 is 5.32 Å². The van der Waals surface area contributed by atoms with Crippen LogP contribution in [0.2, 0.25) is 0 Å². The van der Waals surface area contributed by atoms with E-state index in [0.717, 1.165) is 30.0 Å². The number of halogens is 3. The summed E-state index contributed by atoms with van der Waals surface area (Å²) in [4.78, 5) is 0. The van der Waals surface area contributed by atoms with Gasteiger partial charge in [0.25, 0.3) is 0 Å². The van der Waals surface area contributed by atoms with Gasteiger partial charge in [-0.3, -0.25) is 0 Å². The van der Waals surface area contributed by atoms with Gasteiger partial charge in [0.1, 0.15) is 0 Å². The highest BCUT2D eigenvalue weighted by molar-refractivity contribution is 5.38. The highest BCUT2D eigenvalue weighted by Gasteiger charge is 2.32. The molecule has 15 heavy (non-hydrogen) atoms. The van der Waals surface area contributed by atoms with Gasteiger partial charge in [0.2, 0.25) is 0 Å². The van der Waals surface area contributed by atoms with Gasteiger partial charge in [-0.15, -0.1) is 0 Å². The van der Waals surface area contributed by atoms with E-state index in [1.165, 1.54) is 6.07 Å². The van der Waals surface area contributed by atoms with Crippen LogP contribution in [-0.2, 0) is 12.6 Å². The first-order chi connectivity index (χ1) is 7.02. The molecule has 1 aliphatic carbocycles. The smallest absolute Gasteiger partial charge is 0.313 e. The Morgan fingerprint density at radius 1 is 1.33 bits per heavy atom. The molecule has 2 rings (SSSR count). The lowest BCUT2D eigenvalue weighted by atomic mass is 10.0. The summed E-state index contributed by atoms with van der Waals surface area (Å²) < 4.78 is 37.3. The van der Waals surface area contributed by atoms with Crippen LogP contribution < -0.4 is 5.32 Å². The summed E-state index contributed by atoms with van der Waals surface area (Å²) in [6.45, 7) is 0. The molecule has 1 atom stereocenters. The average molecular weight is 215 g/mol. The normalized spacial score (nSPS) is 20.4. The van der Waals surface area contributed by atoms with Gasteiger partial charge in [0, 0.05) is 6.04 Å². The predicted octanol–water partition coefficient (Wildman–Crippen LogP) is 2.91. The third-order valence-corrected chi connectivity index (χ3v) is 2.90. The molecule has 82 valence electrons. The van der Waals surface area contributed by atoms with E-state index in [9.17, 15) is 13.2 Å². The van der Waals surface area contributed by atoms with Gasteiger partial charge in [-0.1, -0.05) is 6.07 Å². The second-order valence-electron chi connectivity index (χ2n) is 3.79. The van der Waals surface area contributed by atoms with Crippen molar-refractivity contribution in [2.75, 3.05) is 7.05 Å². The third-order valence-electron chi connectivity index (χ3n) is 2.90. The Hall–Kier alpha value is -1.03. The Morgan fingerprint density at radius 3 is 2.67 bits per heavy atom. The van der Waals surface area contributed by atoms with E-state index in [4.69, 9.17) is 0 Å². The maximum absolute atomic E-state index is 12.4. The highest BCUT2D eigenvalue weighted by atomic mass is 19.4. The largest absolute Gasteiger partial charge is 0.416 e. The molecule has 0 amide bonds. The predicted molar refractivity (Wildman–Crippen MR) is 51.6 cm³/mol. The summed E-state index contributed by atoms with van der Waals surface area (Å²) in [5.74, 6) is 0. The Labute approximate surface area is 86.3 Å². The molecule has 0 heterocycles. The summed E-state index contributed by atoms with van der Waals surface area (Å²) in [5.41, 5.74) is 1.28. The van der Waals surface area contributed by atoms with Gasteiger partial charge in [-0.2, -0.15) is 13.2 Å². The minimum Gasteiger partial charge on any atom is -0.313 e. The van der Waals surface area contributed by atoms with E-state index >= 15 is 0 Å². The second kappa shape index (κ2) is 3.52.